The maximum Gasteiger partial charge on any atom is 0.401 e. The van der Waals surface area contributed by atoms with Crippen LogP contribution in [0.1, 0.15) is 33.6 Å². The summed E-state index contributed by atoms with van der Waals surface area (Å²) >= 11 is 0. The van der Waals surface area contributed by atoms with Gasteiger partial charge in [-0.3, -0.25) is 4.90 Å². The van der Waals surface area contributed by atoms with Gasteiger partial charge in [0.15, 0.2) is 0 Å². The number of nitrogens with one attached hydrogen (secondary N) is 1. The third-order valence-corrected chi connectivity index (χ3v) is 4.68. The lowest BCUT2D eigenvalue weighted by Crippen LogP contribution is -2.53. The summed E-state index contributed by atoms with van der Waals surface area (Å²) in [6, 6.07) is 0. The topological polar surface area (TPSA) is 18.5 Å². The van der Waals surface area contributed by atoms with E-state index < -0.39 is 12.7 Å². The Morgan fingerprint density at radius 1 is 0.857 bits per heavy atom. The van der Waals surface area contributed by atoms with Crippen molar-refractivity contribution < 1.29 is 13.2 Å². The van der Waals surface area contributed by atoms with Gasteiger partial charge in [-0.1, -0.05) is 20.8 Å². The molecular formula is C15H30F3N3. The summed E-state index contributed by atoms with van der Waals surface area (Å²) in [5.74, 6) is 0. The molecule has 1 heterocycles. The molecule has 0 bridgehead atoms. The first-order valence-electron chi connectivity index (χ1n) is 8.06. The van der Waals surface area contributed by atoms with Gasteiger partial charge in [0.05, 0.1) is 6.54 Å². The van der Waals surface area contributed by atoms with E-state index in [-0.39, 0.29) is 5.41 Å². The molecule has 1 aliphatic heterocycles. The highest BCUT2D eigenvalue weighted by Gasteiger charge is 2.34. The minimum absolute atomic E-state index is 0.238. The van der Waals surface area contributed by atoms with Crippen molar-refractivity contribution in [3.05, 3.63) is 0 Å². The smallest absolute Gasteiger partial charge is 0.316 e. The third-order valence-electron chi connectivity index (χ3n) is 4.68. The molecule has 126 valence electrons. The Hall–Kier alpha value is -0.330. The van der Waals surface area contributed by atoms with E-state index in [4.69, 9.17) is 0 Å². The van der Waals surface area contributed by atoms with Crippen LogP contribution in [0.2, 0.25) is 0 Å². The summed E-state index contributed by atoms with van der Waals surface area (Å²) in [6.45, 7) is 11.2. The Bertz CT molecular complexity index is 282. The summed E-state index contributed by atoms with van der Waals surface area (Å²) in [5, 5.41) is 3.43. The van der Waals surface area contributed by atoms with Crippen molar-refractivity contribution in [1.29, 1.82) is 0 Å². The number of nitrogens with zero attached hydrogens (tertiary/aromatic N) is 2. The van der Waals surface area contributed by atoms with Gasteiger partial charge in [-0.05, 0) is 24.8 Å². The Labute approximate surface area is 126 Å². The predicted molar refractivity (Wildman–Crippen MR) is 80.5 cm³/mol. The van der Waals surface area contributed by atoms with Crippen LogP contribution in [0.3, 0.4) is 0 Å². The van der Waals surface area contributed by atoms with Crippen LogP contribution in [0.15, 0.2) is 0 Å². The lowest BCUT2D eigenvalue weighted by atomic mass is 9.81. The van der Waals surface area contributed by atoms with Crippen LogP contribution in [-0.4, -0.2) is 68.3 Å². The Kier molecular flexibility index (Phi) is 7.44. The average Bonchev–Trinajstić information content (AvgIpc) is 2.44. The lowest BCUT2D eigenvalue weighted by Gasteiger charge is -2.41. The van der Waals surface area contributed by atoms with Crippen molar-refractivity contribution in [3.8, 4) is 0 Å². The zero-order valence-electron chi connectivity index (χ0n) is 13.6. The van der Waals surface area contributed by atoms with Gasteiger partial charge in [0.25, 0.3) is 0 Å². The number of hydrogen-bond donors (Lipinski definition) is 1. The highest BCUT2D eigenvalue weighted by Crippen LogP contribution is 2.27. The Morgan fingerprint density at radius 3 is 1.71 bits per heavy atom. The molecule has 0 aromatic carbocycles. The second kappa shape index (κ2) is 8.34. The first-order valence-corrected chi connectivity index (χ1v) is 8.06. The first kappa shape index (κ1) is 18.7. The summed E-state index contributed by atoms with van der Waals surface area (Å²) in [6.07, 6.45) is -1.89. The number of piperazine rings is 1. The Morgan fingerprint density at radius 2 is 1.33 bits per heavy atom. The molecule has 1 N–H and O–H groups in total. The van der Waals surface area contributed by atoms with E-state index in [9.17, 15) is 13.2 Å². The SMILES string of the molecule is CCNCC(CC)(CC)CN1CCN(CC(F)(F)F)CC1. The fourth-order valence-electron chi connectivity index (χ4n) is 3.00. The monoisotopic (exact) mass is 309 g/mol. The molecule has 0 atom stereocenters. The van der Waals surface area contributed by atoms with Gasteiger partial charge in [-0.15, -0.1) is 0 Å². The zero-order chi connectivity index (χ0) is 15.9. The fourth-order valence-corrected chi connectivity index (χ4v) is 3.00. The molecule has 1 rings (SSSR count). The minimum Gasteiger partial charge on any atom is -0.316 e. The van der Waals surface area contributed by atoms with Gasteiger partial charge in [0.1, 0.15) is 0 Å². The number of hydrogen-bond acceptors (Lipinski definition) is 3. The highest BCUT2D eigenvalue weighted by molar-refractivity contribution is 4.85. The molecule has 0 saturated carbocycles. The van der Waals surface area contributed by atoms with Crippen LogP contribution >= 0.6 is 0 Å². The van der Waals surface area contributed by atoms with Crippen LogP contribution in [0, 0.1) is 5.41 Å². The molecule has 1 fully saturated rings. The summed E-state index contributed by atoms with van der Waals surface area (Å²) in [5.41, 5.74) is 0.238. The number of halogens is 3. The molecule has 3 nitrogen and oxygen atoms in total. The molecule has 0 unspecified atom stereocenters. The second-order valence-corrected chi connectivity index (χ2v) is 6.15. The van der Waals surface area contributed by atoms with E-state index in [0.29, 0.717) is 13.1 Å². The van der Waals surface area contributed by atoms with E-state index in [1.165, 1.54) is 4.90 Å². The molecule has 0 aliphatic carbocycles. The van der Waals surface area contributed by atoms with Gasteiger partial charge in [-0.25, -0.2) is 0 Å². The third kappa shape index (κ3) is 6.53. The van der Waals surface area contributed by atoms with Crippen LogP contribution in [-0.2, 0) is 0 Å². The summed E-state index contributed by atoms with van der Waals surface area (Å²) < 4.78 is 37.2. The van der Waals surface area contributed by atoms with E-state index in [1.54, 1.807) is 0 Å². The van der Waals surface area contributed by atoms with Gasteiger partial charge in [0, 0.05) is 39.3 Å². The van der Waals surface area contributed by atoms with E-state index >= 15 is 0 Å². The summed E-state index contributed by atoms with van der Waals surface area (Å²) in [4.78, 5) is 3.84. The maximum atomic E-state index is 12.4. The molecule has 1 aliphatic rings. The molecule has 0 amide bonds. The summed E-state index contributed by atoms with van der Waals surface area (Å²) in [7, 11) is 0. The first-order chi connectivity index (χ1) is 9.84. The molecule has 1 saturated heterocycles. The van der Waals surface area contributed by atoms with Gasteiger partial charge in [-0.2, -0.15) is 13.2 Å². The molecule has 0 spiro atoms. The minimum atomic E-state index is -4.08. The lowest BCUT2D eigenvalue weighted by molar-refractivity contribution is -0.149. The van der Waals surface area contributed by atoms with Crippen molar-refractivity contribution in [1.82, 2.24) is 15.1 Å². The van der Waals surface area contributed by atoms with Gasteiger partial charge in [0.2, 0.25) is 0 Å². The van der Waals surface area contributed by atoms with Crippen LogP contribution in [0.4, 0.5) is 13.2 Å². The van der Waals surface area contributed by atoms with Crippen molar-refractivity contribution in [2.45, 2.75) is 39.8 Å². The van der Waals surface area contributed by atoms with Crippen molar-refractivity contribution in [3.63, 3.8) is 0 Å². The van der Waals surface area contributed by atoms with Crippen LogP contribution in [0.5, 0.6) is 0 Å². The maximum absolute atomic E-state index is 12.4. The van der Waals surface area contributed by atoms with Gasteiger partial charge >= 0.3 is 6.18 Å². The molecule has 0 radical (unpaired) electrons. The average molecular weight is 309 g/mol. The van der Waals surface area contributed by atoms with Gasteiger partial charge < -0.3 is 10.2 Å². The van der Waals surface area contributed by atoms with E-state index in [0.717, 1.165) is 45.6 Å². The fraction of sp³-hybridized carbons (Fsp3) is 1.00. The van der Waals surface area contributed by atoms with Crippen molar-refractivity contribution in [2.24, 2.45) is 5.41 Å². The van der Waals surface area contributed by atoms with Crippen LogP contribution in [0.25, 0.3) is 0 Å². The predicted octanol–water partition coefficient (Wildman–Crippen LogP) is 2.58. The number of alkyl halides is 3. The zero-order valence-corrected chi connectivity index (χ0v) is 13.6. The normalized spacial score (nSPS) is 19.1. The van der Waals surface area contributed by atoms with Crippen molar-refractivity contribution in [2.75, 3.05) is 52.4 Å². The largest absolute Gasteiger partial charge is 0.401 e. The quantitative estimate of drug-likeness (QED) is 0.743. The Balaban J connectivity index is 2.45. The second-order valence-electron chi connectivity index (χ2n) is 6.15. The van der Waals surface area contributed by atoms with Crippen LogP contribution < -0.4 is 5.32 Å². The number of rotatable bonds is 8. The highest BCUT2D eigenvalue weighted by atomic mass is 19.4. The molecule has 0 aromatic rings. The molecule has 6 heteroatoms. The molecular weight excluding hydrogens is 279 g/mol. The molecule has 0 aromatic heterocycles. The standard InChI is InChI=1S/C15H30F3N3/c1-4-14(5-2,11-19-6-3)12-20-7-9-21(10-8-20)13-15(16,17)18/h19H,4-13H2,1-3H3. The molecule has 21 heavy (non-hydrogen) atoms. The van der Waals surface area contributed by atoms with E-state index in [2.05, 4.69) is 31.0 Å². The van der Waals surface area contributed by atoms with Crippen molar-refractivity contribution >= 4 is 0 Å². The van der Waals surface area contributed by atoms with E-state index in [1.807, 2.05) is 0 Å².